The smallest absolute Gasteiger partial charge is 0.341 e. The van der Waals surface area contributed by atoms with Crippen LogP contribution in [0.4, 0.5) is 0 Å². The summed E-state index contributed by atoms with van der Waals surface area (Å²) < 4.78 is 10.3. The molecule has 150 valence electrons. The molecule has 3 heterocycles. The minimum absolute atomic E-state index is 0.150. The first-order chi connectivity index (χ1) is 13.4. The molecule has 0 N–H and O–H groups in total. The average molecular weight is 404 g/mol. The van der Waals surface area contributed by atoms with Crippen molar-refractivity contribution < 1.29 is 18.8 Å². The summed E-state index contributed by atoms with van der Waals surface area (Å²) in [6.45, 7) is 7.28. The zero-order valence-electron chi connectivity index (χ0n) is 16.4. The lowest BCUT2D eigenvalue weighted by Crippen LogP contribution is -2.44. The maximum absolute atomic E-state index is 12.5. The van der Waals surface area contributed by atoms with Gasteiger partial charge in [-0.2, -0.15) is 0 Å². The van der Waals surface area contributed by atoms with Gasteiger partial charge in [-0.05, 0) is 37.3 Å². The highest BCUT2D eigenvalue weighted by Gasteiger charge is 2.26. The van der Waals surface area contributed by atoms with E-state index in [0.29, 0.717) is 41.3 Å². The number of amides is 1. The van der Waals surface area contributed by atoms with E-state index in [2.05, 4.69) is 24.0 Å². The molecule has 0 unspecified atom stereocenters. The summed E-state index contributed by atoms with van der Waals surface area (Å²) in [7, 11) is 0. The van der Waals surface area contributed by atoms with Crippen molar-refractivity contribution in [2.75, 3.05) is 19.7 Å². The predicted octanol–water partition coefficient (Wildman–Crippen LogP) is 3.33. The highest BCUT2D eigenvalue weighted by Crippen LogP contribution is 2.25. The maximum atomic E-state index is 12.5. The number of thioether (sulfide) groups is 1. The Balaban J connectivity index is 1.57. The van der Waals surface area contributed by atoms with Crippen molar-refractivity contribution in [1.29, 1.82) is 0 Å². The number of carbonyl (C=O) groups excluding carboxylic acids is 2. The van der Waals surface area contributed by atoms with Gasteiger partial charge in [-0.15, -0.1) is 0 Å². The summed E-state index contributed by atoms with van der Waals surface area (Å²) in [4.78, 5) is 31.0. The van der Waals surface area contributed by atoms with Crippen LogP contribution in [0.5, 0.6) is 0 Å². The summed E-state index contributed by atoms with van der Waals surface area (Å²) in [5.41, 5.74) is 1.12. The van der Waals surface area contributed by atoms with Gasteiger partial charge in [0.05, 0.1) is 11.3 Å². The molecule has 0 radical (unpaired) electrons. The second-order valence-electron chi connectivity index (χ2n) is 7.39. The number of carbonyl (C=O) groups is 2. The minimum atomic E-state index is -0.543. The molecule has 1 saturated heterocycles. The van der Waals surface area contributed by atoms with Crippen molar-refractivity contribution in [1.82, 2.24) is 15.0 Å². The fourth-order valence-corrected chi connectivity index (χ4v) is 4.32. The standard InChI is InChI=1S/C20H25N3O4S/c1-13-7-14(2)10-23(9-13)18(24)11-26-20(25)17-5-4-6-21-19(17)28-12-16-8-15(3)27-22-16/h4-6,8,13-14H,7,9-12H2,1-3H3/t13-,14+. The average Bonchev–Trinajstić information content (AvgIpc) is 3.09. The van der Waals surface area contributed by atoms with Crippen molar-refractivity contribution in [3.8, 4) is 0 Å². The van der Waals surface area contributed by atoms with Gasteiger partial charge in [-0.1, -0.05) is 30.8 Å². The molecule has 1 aliphatic heterocycles. The van der Waals surface area contributed by atoms with Crippen molar-refractivity contribution in [3.63, 3.8) is 0 Å². The van der Waals surface area contributed by atoms with E-state index in [4.69, 9.17) is 9.26 Å². The Kier molecular flexibility index (Phi) is 6.72. The number of pyridine rings is 1. The first-order valence-corrected chi connectivity index (χ1v) is 10.4. The van der Waals surface area contributed by atoms with Crippen LogP contribution in [0.2, 0.25) is 0 Å². The number of hydrogen-bond acceptors (Lipinski definition) is 7. The third kappa shape index (κ3) is 5.34. The van der Waals surface area contributed by atoms with E-state index in [1.165, 1.54) is 11.8 Å². The van der Waals surface area contributed by atoms with E-state index in [1.54, 1.807) is 23.2 Å². The van der Waals surface area contributed by atoms with Gasteiger partial charge in [0.1, 0.15) is 10.8 Å². The summed E-state index contributed by atoms with van der Waals surface area (Å²) in [6.07, 6.45) is 2.74. The van der Waals surface area contributed by atoms with Crippen molar-refractivity contribution >= 4 is 23.6 Å². The lowest BCUT2D eigenvalue weighted by molar-refractivity contribution is -0.137. The molecule has 28 heavy (non-hydrogen) atoms. The van der Waals surface area contributed by atoms with Gasteiger partial charge in [0, 0.05) is 31.1 Å². The first kappa shape index (κ1) is 20.4. The molecule has 0 aliphatic carbocycles. The second-order valence-corrected chi connectivity index (χ2v) is 8.36. The van der Waals surface area contributed by atoms with Crippen molar-refractivity contribution in [3.05, 3.63) is 41.4 Å². The van der Waals surface area contributed by atoms with Gasteiger partial charge in [0.25, 0.3) is 5.91 Å². The fraction of sp³-hybridized carbons (Fsp3) is 0.500. The van der Waals surface area contributed by atoms with Crippen LogP contribution in [0.25, 0.3) is 0 Å². The van der Waals surface area contributed by atoms with Crippen LogP contribution in [-0.4, -0.2) is 46.6 Å². The molecule has 0 aromatic carbocycles. The SMILES string of the molecule is Cc1cc(CSc2ncccc2C(=O)OCC(=O)N2C[C@H](C)C[C@H](C)C2)no1. The van der Waals surface area contributed by atoms with Crippen LogP contribution in [-0.2, 0) is 15.3 Å². The zero-order valence-corrected chi connectivity index (χ0v) is 17.2. The molecule has 2 aromatic rings. The topological polar surface area (TPSA) is 85.5 Å². The number of ether oxygens (including phenoxy) is 1. The molecule has 2 aromatic heterocycles. The van der Waals surface area contributed by atoms with Crippen LogP contribution in [0.3, 0.4) is 0 Å². The van der Waals surface area contributed by atoms with Crippen LogP contribution in [0.1, 0.15) is 42.1 Å². The van der Waals surface area contributed by atoms with Gasteiger partial charge < -0.3 is 14.2 Å². The van der Waals surface area contributed by atoms with Gasteiger partial charge in [-0.25, -0.2) is 9.78 Å². The Hall–Kier alpha value is -2.35. The lowest BCUT2D eigenvalue weighted by atomic mass is 9.92. The van der Waals surface area contributed by atoms with E-state index in [-0.39, 0.29) is 12.5 Å². The predicted molar refractivity (Wildman–Crippen MR) is 105 cm³/mol. The number of piperidine rings is 1. The largest absolute Gasteiger partial charge is 0.452 e. The van der Waals surface area contributed by atoms with Crippen LogP contribution in [0.15, 0.2) is 33.9 Å². The monoisotopic (exact) mass is 403 g/mol. The number of likely N-dealkylation sites (tertiary alicyclic amines) is 1. The Morgan fingerprint density at radius 3 is 2.75 bits per heavy atom. The Morgan fingerprint density at radius 2 is 2.07 bits per heavy atom. The zero-order chi connectivity index (χ0) is 20.1. The molecular formula is C20H25N3O4S. The molecule has 3 rings (SSSR count). The number of aryl methyl sites for hydroxylation is 1. The number of esters is 1. The molecule has 0 saturated carbocycles. The molecule has 1 amide bonds. The Morgan fingerprint density at radius 1 is 1.32 bits per heavy atom. The van der Waals surface area contributed by atoms with Gasteiger partial charge in [0.15, 0.2) is 6.61 Å². The van der Waals surface area contributed by atoms with Crippen LogP contribution in [0, 0.1) is 18.8 Å². The van der Waals surface area contributed by atoms with E-state index in [1.807, 2.05) is 13.0 Å². The first-order valence-electron chi connectivity index (χ1n) is 9.37. The maximum Gasteiger partial charge on any atom is 0.341 e. The van der Waals surface area contributed by atoms with E-state index in [9.17, 15) is 9.59 Å². The number of hydrogen-bond donors (Lipinski definition) is 0. The van der Waals surface area contributed by atoms with Crippen molar-refractivity contribution in [2.24, 2.45) is 11.8 Å². The third-order valence-corrected chi connectivity index (χ3v) is 5.61. The number of aromatic nitrogens is 2. The third-order valence-electron chi connectivity index (χ3n) is 4.57. The molecule has 1 aliphatic rings. The van der Waals surface area contributed by atoms with Gasteiger partial charge >= 0.3 is 5.97 Å². The number of rotatable bonds is 6. The summed E-state index contributed by atoms with van der Waals surface area (Å²) >= 11 is 1.37. The molecule has 7 nitrogen and oxygen atoms in total. The molecule has 8 heteroatoms. The summed E-state index contributed by atoms with van der Waals surface area (Å²) in [5, 5.41) is 4.48. The second kappa shape index (κ2) is 9.23. The summed E-state index contributed by atoms with van der Waals surface area (Å²) in [6, 6.07) is 5.17. The van der Waals surface area contributed by atoms with E-state index < -0.39 is 5.97 Å². The summed E-state index contributed by atoms with van der Waals surface area (Å²) in [5.74, 6) is 1.49. The fourth-order valence-electron chi connectivity index (χ4n) is 3.45. The molecule has 1 fully saturated rings. The van der Waals surface area contributed by atoms with Crippen LogP contribution < -0.4 is 0 Å². The van der Waals surface area contributed by atoms with E-state index in [0.717, 1.165) is 17.9 Å². The van der Waals surface area contributed by atoms with Gasteiger partial charge in [-0.3, -0.25) is 4.79 Å². The Labute approximate surface area is 168 Å². The molecule has 2 atom stereocenters. The van der Waals surface area contributed by atoms with Gasteiger partial charge in [0.2, 0.25) is 0 Å². The lowest BCUT2D eigenvalue weighted by Gasteiger charge is -2.34. The minimum Gasteiger partial charge on any atom is -0.452 e. The molecular weight excluding hydrogens is 378 g/mol. The highest BCUT2D eigenvalue weighted by atomic mass is 32.2. The quantitative estimate of drug-likeness (QED) is 0.540. The highest BCUT2D eigenvalue weighted by molar-refractivity contribution is 7.98. The Bertz CT molecular complexity index is 828. The van der Waals surface area contributed by atoms with Crippen molar-refractivity contribution in [2.45, 2.75) is 38.0 Å². The number of nitrogens with zero attached hydrogens (tertiary/aromatic N) is 3. The van der Waals surface area contributed by atoms with E-state index >= 15 is 0 Å². The molecule has 0 spiro atoms. The van der Waals surface area contributed by atoms with Crippen LogP contribution >= 0.6 is 11.8 Å². The molecule has 0 bridgehead atoms. The normalized spacial score (nSPS) is 19.5.